The fraction of sp³-hybridized carbons (Fsp3) is 0.318. The molecule has 0 saturated carbocycles. The van der Waals surface area contributed by atoms with Crippen LogP contribution in [0.5, 0.6) is 0 Å². The van der Waals surface area contributed by atoms with Gasteiger partial charge in [0.25, 0.3) is 5.91 Å². The first-order valence-electron chi connectivity index (χ1n) is 9.88. The first-order valence-corrected chi connectivity index (χ1v) is 9.88. The van der Waals surface area contributed by atoms with Crippen molar-refractivity contribution < 1.29 is 9.18 Å². The van der Waals surface area contributed by atoms with Gasteiger partial charge < -0.3 is 10.2 Å². The van der Waals surface area contributed by atoms with Gasteiger partial charge in [0.15, 0.2) is 5.69 Å². The van der Waals surface area contributed by atoms with E-state index in [-0.39, 0.29) is 22.8 Å². The number of nitrogens with one attached hydrogen (secondary N) is 1. The molecule has 0 atom stereocenters. The number of aromatic nitrogens is 3. The Hall–Kier alpha value is -3.06. The van der Waals surface area contributed by atoms with E-state index in [1.807, 2.05) is 30.0 Å². The number of anilines is 1. The van der Waals surface area contributed by atoms with Crippen LogP contribution in [0.25, 0.3) is 5.69 Å². The molecule has 1 spiro atoms. The van der Waals surface area contributed by atoms with E-state index in [9.17, 15) is 9.18 Å². The number of hydrogen-bond acceptors (Lipinski definition) is 4. The maximum Gasteiger partial charge on any atom is 0.280 e. The lowest BCUT2D eigenvalue weighted by Gasteiger charge is -2.34. The van der Waals surface area contributed by atoms with Crippen LogP contribution >= 0.6 is 0 Å². The van der Waals surface area contributed by atoms with E-state index < -0.39 is 0 Å². The van der Waals surface area contributed by atoms with Crippen LogP contribution in [-0.4, -0.2) is 40.5 Å². The Morgan fingerprint density at radius 2 is 1.97 bits per heavy atom. The number of carbonyl (C=O) groups is 1. The normalized spacial score (nSPS) is 17.5. The van der Waals surface area contributed by atoms with Crippen LogP contribution < -0.4 is 10.2 Å². The largest absolute Gasteiger partial charge is 0.317 e. The average Bonchev–Trinajstić information content (AvgIpc) is 3.32. The Balaban J connectivity index is 1.48. The summed E-state index contributed by atoms with van der Waals surface area (Å²) in [5, 5.41) is 11.6. The Morgan fingerprint density at radius 1 is 1.17 bits per heavy atom. The molecule has 148 valence electrons. The highest BCUT2D eigenvalue weighted by molar-refractivity contribution is 6.06. The fourth-order valence-electron chi connectivity index (χ4n) is 4.62. The third-order valence-corrected chi connectivity index (χ3v) is 6.04. The van der Waals surface area contributed by atoms with E-state index >= 15 is 0 Å². The van der Waals surface area contributed by atoms with Crippen molar-refractivity contribution in [3.8, 4) is 5.69 Å². The van der Waals surface area contributed by atoms with Gasteiger partial charge in [-0.1, -0.05) is 23.4 Å². The molecule has 3 aromatic rings. The molecule has 3 heterocycles. The molecular formula is C22H22FN5O. The number of halogens is 1. The third-order valence-electron chi connectivity index (χ3n) is 6.04. The molecule has 1 aromatic heterocycles. The number of nitrogens with zero attached hydrogens (tertiary/aromatic N) is 4. The Morgan fingerprint density at radius 3 is 2.76 bits per heavy atom. The van der Waals surface area contributed by atoms with Gasteiger partial charge in [-0.3, -0.25) is 4.79 Å². The first-order chi connectivity index (χ1) is 14.1. The van der Waals surface area contributed by atoms with E-state index in [4.69, 9.17) is 0 Å². The maximum atomic E-state index is 13.8. The molecule has 2 aliphatic rings. The topological polar surface area (TPSA) is 63.1 Å². The standard InChI is InChI=1S/C22H22FN5O/c1-15-10-16(23)12-17(11-15)28-13-19(25-26-28)21(29)27-14-22(6-8-24-9-7-22)18-4-2-3-5-20(18)27/h2-5,10-13,24H,6-9,14H2,1H3. The molecule has 1 saturated heterocycles. The molecular weight excluding hydrogens is 369 g/mol. The Labute approximate surface area is 168 Å². The van der Waals surface area contributed by atoms with Crippen LogP contribution in [-0.2, 0) is 5.41 Å². The van der Waals surface area contributed by atoms with Crippen LogP contribution in [0.4, 0.5) is 10.1 Å². The molecule has 29 heavy (non-hydrogen) atoms. The minimum Gasteiger partial charge on any atom is -0.317 e. The van der Waals surface area contributed by atoms with Crippen LogP contribution in [0.1, 0.15) is 34.5 Å². The zero-order valence-electron chi connectivity index (χ0n) is 16.2. The molecule has 7 heteroatoms. The number of para-hydroxylation sites is 1. The molecule has 1 fully saturated rings. The van der Waals surface area contributed by atoms with E-state index in [1.54, 1.807) is 12.3 Å². The highest BCUT2D eigenvalue weighted by Gasteiger charge is 2.45. The number of hydrogen-bond donors (Lipinski definition) is 1. The van der Waals surface area contributed by atoms with Gasteiger partial charge in [0.2, 0.25) is 0 Å². The van der Waals surface area contributed by atoms with Gasteiger partial charge in [0.05, 0.1) is 11.9 Å². The zero-order valence-corrected chi connectivity index (χ0v) is 16.2. The van der Waals surface area contributed by atoms with Gasteiger partial charge in [-0.15, -0.1) is 5.10 Å². The lowest BCUT2D eigenvalue weighted by Crippen LogP contribution is -2.44. The second-order valence-electron chi connectivity index (χ2n) is 7.97. The molecule has 0 radical (unpaired) electrons. The summed E-state index contributed by atoms with van der Waals surface area (Å²) < 4.78 is 15.2. The Kier molecular flexibility index (Phi) is 4.20. The van der Waals surface area contributed by atoms with E-state index in [2.05, 4.69) is 21.7 Å². The van der Waals surface area contributed by atoms with Crippen molar-refractivity contribution in [1.29, 1.82) is 0 Å². The third kappa shape index (κ3) is 3.02. The summed E-state index contributed by atoms with van der Waals surface area (Å²) in [6.45, 7) is 4.37. The van der Waals surface area contributed by atoms with E-state index in [1.165, 1.54) is 22.4 Å². The number of benzene rings is 2. The number of fused-ring (bicyclic) bond motifs is 2. The number of carbonyl (C=O) groups excluding carboxylic acids is 1. The molecule has 2 aliphatic heterocycles. The lowest BCUT2D eigenvalue weighted by molar-refractivity contribution is 0.0978. The van der Waals surface area contributed by atoms with Crippen molar-refractivity contribution in [1.82, 2.24) is 20.3 Å². The molecule has 0 unspecified atom stereocenters. The average molecular weight is 391 g/mol. The minimum atomic E-state index is -0.343. The van der Waals surface area contributed by atoms with Crippen LogP contribution in [0.2, 0.25) is 0 Å². The molecule has 0 aliphatic carbocycles. The van der Waals surface area contributed by atoms with Gasteiger partial charge in [-0.05, 0) is 68.2 Å². The summed E-state index contributed by atoms with van der Waals surface area (Å²) in [7, 11) is 0. The van der Waals surface area contributed by atoms with E-state index in [0.717, 1.165) is 37.2 Å². The Bertz CT molecular complexity index is 1070. The highest BCUT2D eigenvalue weighted by atomic mass is 19.1. The maximum absolute atomic E-state index is 13.8. The van der Waals surface area contributed by atoms with Crippen molar-refractivity contribution in [2.45, 2.75) is 25.2 Å². The fourth-order valence-corrected chi connectivity index (χ4v) is 4.62. The minimum absolute atomic E-state index is 0.00678. The molecule has 2 aromatic carbocycles. The van der Waals surface area contributed by atoms with E-state index in [0.29, 0.717) is 12.2 Å². The van der Waals surface area contributed by atoms with Crippen LogP contribution in [0.3, 0.4) is 0 Å². The van der Waals surface area contributed by atoms with Crippen molar-refractivity contribution in [2.75, 3.05) is 24.5 Å². The molecule has 6 nitrogen and oxygen atoms in total. The first kappa shape index (κ1) is 18.0. The second-order valence-corrected chi connectivity index (χ2v) is 7.97. The second kappa shape index (κ2) is 6.77. The summed E-state index contributed by atoms with van der Waals surface area (Å²) >= 11 is 0. The van der Waals surface area contributed by atoms with Crippen LogP contribution in [0.15, 0.2) is 48.7 Å². The van der Waals surface area contributed by atoms with Crippen molar-refractivity contribution in [3.63, 3.8) is 0 Å². The zero-order chi connectivity index (χ0) is 20.0. The van der Waals surface area contributed by atoms with Gasteiger partial charge in [-0.25, -0.2) is 9.07 Å². The SMILES string of the molecule is Cc1cc(F)cc(-n2cc(C(=O)N3CC4(CCNCC4)c4ccccc43)nn2)c1. The number of amides is 1. The van der Waals surface area contributed by atoms with Crippen LogP contribution in [0, 0.1) is 12.7 Å². The van der Waals surface area contributed by atoms with Crippen molar-refractivity contribution >= 4 is 11.6 Å². The molecule has 1 N–H and O–H groups in total. The summed E-state index contributed by atoms with van der Waals surface area (Å²) in [6.07, 6.45) is 3.58. The lowest BCUT2D eigenvalue weighted by atomic mass is 9.75. The predicted octanol–water partition coefficient (Wildman–Crippen LogP) is 3.00. The summed E-state index contributed by atoms with van der Waals surface area (Å²) in [5.74, 6) is -0.517. The summed E-state index contributed by atoms with van der Waals surface area (Å²) in [5.41, 5.74) is 3.77. The molecule has 0 bridgehead atoms. The smallest absolute Gasteiger partial charge is 0.280 e. The highest BCUT2D eigenvalue weighted by Crippen LogP contribution is 2.46. The monoisotopic (exact) mass is 391 g/mol. The molecule has 1 amide bonds. The quantitative estimate of drug-likeness (QED) is 0.730. The number of rotatable bonds is 2. The van der Waals surface area contributed by atoms with Gasteiger partial charge in [0, 0.05) is 17.6 Å². The van der Waals surface area contributed by atoms with Gasteiger partial charge in [-0.2, -0.15) is 0 Å². The van der Waals surface area contributed by atoms with Crippen molar-refractivity contribution in [3.05, 3.63) is 71.3 Å². The van der Waals surface area contributed by atoms with Gasteiger partial charge >= 0.3 is 0 Å². The number of aryl methyl sites for hydroxylation is 1. The molecule has 5 rings (SSSR count). The van der Waals surface area contributed by atoms with Gasteiger partial charge in [0.1, 0.15) is 5.82 Å². The number of piperidine rings is 1. The predicted molar refractivity (Wildman–Crippen MR) is 108 cm³/mol. The van der Waals surface area contributed by atoms with Crippen molar-refractivity contribution in [2.24, 2.45) is 0 Å². The summed E-state index contributed by atoms with van der Waals surface area (Å²) in [4.78, 5) is 15.2. The summed E-state index contributed by atoms with van der Waals surface area (Å²) in [6, 6.07) is 12.8.